The standard InChI is InChI=1S/C17H18BrNO2S/c1-9-5-6-12(10(2)7-9)16(22)14-8-13(18)15(19(14)4)11(3)17(20)21/h5-8,11H,1-4H3,(H,20,21). The van der Waals surface area contributed by atoms with E-state index in [1.165, 1.54) is 5.56 Å². The first-order valence-electron chi connectivity index (χ1n) is 6.94. The molecule has 1 aromatic carbocycles. The molecule has 1 N–H and O–H groups in total. The molecule has 22 heavy (non-hydrogen) atoms. The molecule has 5 heteroatoms. The van der Waals surface area contributed by atoms with Crippen LogP contribution in [-0.2, 0) is 11.8 Å². The average Bonchev–Trinajstić information content (AvgIpc) is 2.72. The number of carboxylic acid groups (broad SMARTS) is 1. The Morgan fingerprint density at radius 3 is 2.50 bits per heavy atom. The van der Waals surface area contributed by atoms with Crippen molar-refractivity contribution in [2.75, 3.05) is 0 Å². The van der Waals surface area contributed by atoms with Gasteiger partial charge in [0.05, 0.1) is 16.5 Å². The lowest BCUT2D eigenvalue weighted by Crippen LogP contribution is -2.15. The van der Waals surface area contributed by atoms with Gasteiger partial charge >= 0.3 is 5.97 Å². The monoisotopic (exact) mass is 379 g/mol. The SMILES string of the molecule is Cc1ccc(C(=S)c2cc(Br)c(C(C)C(=O)O)n2C)c(C)c1. The zero-order chi connectivity index (χ0) is 16.6. The van der Waals surface area contributed by atoms with Gasteiger partial charge in [0, 0.05) is 17.2 Å². The van der Waals surface area contributed by atoms with E-state index in [0.29, 0.717) is 0 Å². The lowest BCUT2D eigenvalue weighted by Gasteiger charge is -2.13. The Morgan fingerprint density at radius 2 is 1.95 bits per heavy atom. The minimum atomic E-state index is -0.856. The van der Waals surface area contributed by atoms with Gasteiger partial charge in [-0.15, -0.1) is 0 Å². The van der Waals surface area contributed by atoms with Gasteiger partial charge in [-0.3, -0.25) is 4.79 Å². The Kier molecular flexibility index (Phi) is 4.87. The summed E-state index contributed by atoms with van der Waals surface area (Å²) < 4.78 is 2.64. The maximum absolute atomic E-state index is 11.3. The fourth-order valence-electron chi connectivity index (χ4n) is 2.62. The number of halogens is 1. The molecule has 0 saturated heterocycles. The molecule has 3 nitrogen and oxygen atoms in total. The third kappa shape index (κ3) is 3.01. The highest BCUT2D eigenvalue weighted by Crippen LogP contribution is 2.30. The van der Waals surface area contributed by atoms with Crippen LogP contribution in [0.3, 0.4) is 0 Å². The number of carboxylic acids is 1. The molecular weight excluding hydrogens is 362 g/mol. The van der Waals surface area contributed by atoms with Crippen molar-refractivity contribution in [1.82, 2.24) is 4.57 Å². The van der Waals surface area contributed by atoms with Crippen LogP contribution in [0.2, 0.25) is 0 Å². The maximum Gasteiger partial charge on any atom is 0.312 e. The van der Waals surface area contributed by atoms with Crippen LogP contribution in [-0.4, -0.2) is 20.5 Å². The topological polar surface area (TPSA) is 42.2 Å². The predicted octanol–water partition coefficient (Wildman–Crippen LogP) is 4.36. The second-order valence-corrected chi connectivity index (χ2v) is 6.79. The van der Waals surface area contributed by atoms with Crippen LogP contribution in [0.5, 0.6) is 0 Å². The molecule has 0 aliphatic heterocycles. The fraction of sp³-hybridized carbons (Fsp3) is 0.294. The molecule has 0 bridgehead atoms. The van der Waals surface area contributed by atoms with Crippen LogP contribution in [0.4, 0.5) is 0 Å². The Morgan fingerprint density at radius 1 is 1.32 bits per heavy atom. The number of aromatic nitrogens is 1. The van der Waals surface area contributed by atoms with Gasteiger partial charge < -0.3 is 9.67 Å². The Balaban J connectivity index is 2.52. The molecule has 2 aromatic rings. The third-order valence-corrected chi connectivity index (χ3v) is 4.93. The van der Waals surface area contributed by atoms with Crippen molar-refractivity contribution in [2.24, 2.45) is 7.05 Å². The van der Waals surface area contributed by atoms with Crippen molar-refractivity contribution in [3.63, 3.8) is 0 Å². The highest BCUT2D eigenvalue weighted by Gasteiger charge is 2.24. The summed E-state index contributed by atoms with van der Waals surface area (Å²) in [6.45, 7) is 5.76. The molecule has 1 atom stereocenters. The summed E-state index contributed by atoms with van der Waals surface area (Å²) in [6.07, 6.45) is 0. The summed E-state index contributed by atoms with van der Waals surface area (Å²) in [5, 5.41) is 9.26. The van der Waals surface area contributed by atoms with Crippen LogP contribution < -0.4 is 0 Å². The minimum Gasteiger partial charge on any atom is -0.481 e. The minimum absolute atomic E-state index is 0.602. The first kappa shape index (κ1) is 16.9. The highest BCUT2D eigenvalue weighted by molar-refractivity contribution is 9.10. The molecule has 116 valence electrons. The van der Waals surface area contributed by atoms with E-state index in [-0.39, 0.29) is 0 Å². The number of rotatable bonds is 4. The van der Waals surface area contributed by atoms with Crippen LogP contribution >= 0.6 is 28.1 Å². The van der Waals surface area contributed by atoms with Gasteiger partial charge in [-0.1, -0.05) is 36.0 Å². The van der Waals surface area contributed by atoms with Crippen LogP contribution in [0.15, 0.2) is 28.7 Å². The molecule has 0 aliphatic carbocycles. The first-order chi connectivity index (χ1) is 10.2. The number of carbonyl (C=O) groups is 1. The molecule has 0 amide bonds. The molecule has 1 heterocycles. The second kappa shape index (κ2) is 6.34. The Labute approximate surface area is 144 Å². The van der Waals surface area contributed by atoms with E-state index in [1.54, 1.807) is 6.92 Å². The Hall–Kier alpha value is -1.46. The summed E-state index contributed by atoms with van der Waals surface area (Å²) in [5.41, 5.74) is 4.88. The maximum atomic E-state index is 11.3. The number of hydrogen-bond donors (Lipinski definition) is 1. The smallest absolute Gasteiger partial charge is 0.312 e. The number of nitrogens with zero attached hydrogens (tertiary/aromatic N) is 1. The van der Waals surface area contributed by atoms with E-state index in [1.807, 2.05) is 43.7 Å². The summed E-state index contributed by atoms with van der Waals surface area (Å²) in [4.78, 5) is 12.0. The summed E-state index contributed by atoms with van der Waals surface area (Å²) >= 11 is 9.11. The number of benzene rings is 1. The van der Waals surface area contributed by atoms with E-state index in [2.05, 4.69) is 22.0 Å². The number of aliphatic carboxylic acids is 1. The zero-order valence-electron chi connectivity index (χ0n) is 13.0. The summed E-state index contributed by atoms with van der Waals surface area (Å²) in [5.74, 6) is -1.46. The highest BCUT2D eigenvalue weighted by atomic mass is 79.9. The van der Waals surface area contributed by atoms with E-state index >= 15 is 0 Å². The molecule has 0 radical (unpaired) electrons. The van der Waals surface area contributed by atoms with Gasteiger partial charge in [0.1, 0.15) is 0 Å². The van der Waals surface area contributed by atoms with Crippen LogP contribution in [0.1, 0.15) is 40.9 Å². The summed E-state index contributed by atoms with van der Waals surface area (Å²) in [7, 11) is 1.85. The van der Waals surface area contributed by atoms with Crippen molar-refractivity contribution in [3.05, 3.63) is 56.8 Å². The van der Waals surface area contributed by atoms with Crippen LogP contribution in [0, 0.1) is 13.8 Å². The average molecular weight is 380 g/mol. The van der Waals surface area contributed by atoms with Crippen molar-refractivity contribution in [1.29, 1.82) is 0 Å². The lowest BCUT2D eigenvalue weighted by atomic mass is 10.0. The van der Waals surface area contributed by atoms with Gasteiger partial charge in [0.25, 0.3) is 0 Å². The quantitative estimate of drug-likeness (QED) is 0.633. The fourth-order valence-corrected chi connectivity index (χ4v) is 3.87. The van der Waals surface area contributed by atoms with Crippen molar-refractivity contribution in [3.8, 4) is 0 Å². The normalized spacial score (nSPS) is 12.2. The molecule has 0 aliphatic rings. The molecule has 2 rings (SSSR count). The van der Waals surface area contributed by atoms with Gasteiger partial charge in [0.2, 0.25) is 0 Å². The molecule has 0 spiro atoms. The van der Waals surface area contributed by atoms with Gasteiger partial charge in [-0.05, 0) is 53.9 Å². The van der Waals surface area contributed by atoms with Gasteiger partial charge in [0.15, 0.2) is 0 Å². The van der Waals surface area contributed by atoms with Gasteiger partial charge in [-0.25, -0.2) is 0 Å². The third-order valence-electron chi connectivity index (χ3n) is 3.87. The first-order valence-corrected chi connectivity index (χ1v) is 8.14. The molecular formula is C17H18BrNO2S. The Bertz CT molecular complexity index is 764. The van der Waals surface area contributed by atoms with Gasteiger partial charge in [-0.2, -0.15) is 0 Å². The molecule has 0 saturated carbocycles. The second-order valence-electron chi connectivity index (χ2n) is 5.53. The van der Waals surface area contributed by atoms with E-state index < -0.39 is 11.9 Å². The predicted molar refractivity (Wildman–Crippen MR) is 95.9 cm³/mol. The van der Waals surface area contributed by atoms with E-state index in [4.69, 9.17) is 12.2 Å². The van der Waals surface area contributed by atoms with Crippen molar-refractivity contribution >= 4 is 39.0 Å². The van der Waals surface area contributed by atoms with Crippen molar-refractivity contribution < 1.29 is 9.90 Å². The van der Waals surface area contributed by atoms with Crippen molar-refractivity contribution in [2.45, 2.75) is 26.7 Å². The van der Waals surface area contributed by atoms with Crippen LogP contribution in [0.25, 0.3) is 0 Å². The van der Waals surface area contributed by atoms with E-state index in [9.17, 15) is 9.90 Å². The summed E-state index contributed by atoms with van der Waals surface area (Å²) in [6, 6.07) is 8.05. The molecule has 0 fully saturated rings. The largest absolute Gasteiger partial charge is 0.481 e. The zero-order valence-corrected chi connectivity index (χ0v) is 15.4. The molecule has 1 aromatic heterocycles. The lowest BCUT2D eigenvalue weighted by molar-refractivity contribution is -0.138. The molecule has 1 unspecified atom stereocenters. The number of hydrogen-bond acceptors (Lipinski definition) is 2. The number of thiocarbonyl (C=S) groups is 1. The number of aryl methyl sites for hydroxylation is 2. The van der Waals surface area contributed by atoms with E-state index in [0.717, 1.165) is 31.9 Å².